The third-order valence-electron chi connectivity index (χ3n) is 6.22. The third kappa shape index (κ3) is 9.34. The van der Waals surface area contributed by atoms with Gasteiger partial charge in [-0.05, 0) is 60.5 Å². The number of nitrogens with zero attached hydrogens (tertiary/aromatic N) is 1. The topological polar surface area (TPSA) is 189 Å². The Morgan fingerprint density at radius 2 is 1.57 bits per heavy atom. The summed E-state index contributed by atoms with van der Waals surface area (Å²) in [5.41, 5.74) is 1.98. The third-order valence-corrected chi connectivity index (χ3v) is 6.46. The van der Waals surface area contributed by atoms with Crippen molar-refractivity contribution in [3.8, 4) is 16.9 Å². The van der Waals surface area contributed by atoms with Crippen LogP contribution in [0.25, 0.3) is 11.1 Å². The molecule has 0 saturated carbocycles. The molecule has 0 radical (unpaired) electrons. The Morgan fingerprint density at radius 1 is 0.955 bits per heavy atom. The number of methoxy groups -OCH3 is 1. The van der Waals surface area contributed by atoms with Crippen LogP contribution in [0.2, 0.25) is 5.02 Å². The maximum Gasteiger partial charge on any atom is 0.394 e. The molecule has 3 aromatic carbocycles. The molecule has 1 atom stereocenters. The molecule has 0 aliphatic heterocycles. The van der Waals surface area contributed by atoms with E-state index in [4.69, 9.17) is 39.0 Å². The summed E-state index contributed by atoms with van der Waals surface area (Å²) in [5.74, 6) is -1.49. The van der Waals surface area contributed by atoms with Crippen LogP contribution in [0.5, 0.6) is 5.75 Å². The van der Waals surface area contributed by atoms with E-state index in [1.54, 1.807) is 18.2 Å². The number of ketones is 1. The van der Waals surface area contributed by atoms with Gasteiger partial charge in [-0.2, -0.15) is 8.42 Å². The Kier molecular flexibility index (Phi) is 11.2. The molecule has 1 heterocycles. The average Bonchev–Trinajstić information content (AvgIpc) is 2.95. The zero-order valence-corrected chi connectivity index (χ0v) is 24.9. The molecule has 0 aliphatic carbocycles. The number of amides is 1. The summed E-state index contributed by atoms with van der Waals surface area (Å²) in [7, 11) is -3.23. The largest absolute Gasteiger partial charge is 0.495 e. The zero-order chi connectivity index (χ0) is 32.6. The summed E-state index contributed by atoms with van der Waals surface area (Å²) in [6.45, 7) is 1.42. The molecule has 1 aromatic heterocycles. The molecule has 4 N–H and O–H groups in total. The van der Waals surface area contributed by atoms with Gasteiger partial charge >= 0.3 is 16.4 Å². The first-order valence-corrected chi connectivity index (χ1v) is 14.4. The maximum atomic E-state index is 13.5. The fraction of sp³-hybridized carbons (Fsp3) is 0.133. The van der Waals surface area contributed by atoms with Gasteiger partial charge in [-0.1, -0.05) is 41.9 Å². The van der Waals surface area contributed by atoms with Crippen LogP contribution in [-0.4, -0.2) is 52.0 Å². The van der Waals surface area contributed by atoms with Crippen LogP contribution in [0.4, 0.5) is 5.69 Å². The van der Waals surface area contributed by atoms with Gasteiger partial charge in [0.1, 0.15) is 11.8 Å². The lowest BCUT2D eigenvalue weighted by atomic mass is 9.97. The van der Waals surface area contributed by atoms with Gasteiger partial charge in [0.05, 0.1) is 18.9 Å². The second-order valence-electron chi connectivity index (χ2n) is 9.27. The number of hydrogen-bond donors (Lipinski definition) is 4. The highest BCUT2D eigenvalue weighted by Crippen LogP contribution is 2.34. The van der Waals surface area contributed by atoms with Gasteiger partial charge in [0, 0.05) is 34.3 Å². The van der Waals surface area contributed by atoms with Crippen molar-refractivity contribution in [1.82, 2.24) is 4.57 Å². The molecule has 12 nitrogen and oxygen atoms in total. The Morgan fingerprint density at radius 3 is 2.11 bits per heavy atom. The molecule has 4 aromatic rings. The van der Waals surface area contributed by atoms with E-state index in [9.17, 15) is 19.2 Å². The number of anilines is 1. The minimum atomic E-state index is -4.67. The second-order valence-corrected chi connectivity index (χ2v) is 10.6. The number of nitrogens with one attached hydrogen (secondary N) is 1. The van der Waals surface area contributed by atoms with E-state index in [2.05, 4.69) is 5.32 Å². The Labute approximate surface area is 257 Å². The van der Waals surface area contributed by atoms with Crippen molar-refractivity contribution in [3.63, 3.8) is 0 Å². The van der Waals surface area contributed by atoms with E-state index in [1.165, 1.54) is 55.1 Å². The number of hydrogen-bond acceptors (Lipinski definition) is 7. The van der Waals surface area contributed by atoms with Gasteiger partial charge in [0.25, 0.3) is 5.56 Å². The fourth-order valence-electron chi connectivity index (χ4n) is 4.27. The first kappa shape index (κ1) is 33.7. The van der Waals surface area contributed by atoms with Gasteiger partial charge in [-0.3, -0.25) is 28.1 Å². The highest BCUT2D eigenvalue weighted by molar-refractivity contribution is 7.79. The first-order valence-electron chi connectivity index (χ1n) is 12.7. The predicted octanol–water partition coefficient (Wildman–Crippen LogP) is 4.85. The van der Waals surface area contributed by atoms with Gasteiger partial charge in [-0.25, -0.2) is 4.79 Å². The zero-order valence-electron chi connectivity index (χ0n) is 23.3. The average molecular weight is 643 g/mol. The molecule has 230 valence electrons. The van der Waals surface area contributed by atoms with E-state index < -0.39 is 33.9 Å². The van der Waals surface area contributed by atoms with Gasteiger partial charge in [0.2, 0.25) is 5.91 Å². The van der Waals surface area contributed by atoms with Crippen LogP contribution >= 0.6 is 11.6 Å². The molecule has 0 aliphatic rings. The smallest absolute Gasteiger partial charge is 0.394 e. The number of Topliss-reactive ketones (excluding diaryl/α,β-unsaturated/α-hetero) is 1. The summed E-state index contributed by atoms with van der Waals surface area (Å²) in [6.07, 6.45) is 1.64. The summed E-state index contributed by atoms with van der Waals surface area (Å²) >= 11 is 6.20. The summed E-state index contributed by atoms with van der Waals surface area (Å²) in [5, 5.41) is 12.3. The number of carboxylic acids is 1. The number of carbonyl (C=O) groups is 3. The Hall–Kier alpha value is -4.82. The van der Waals surface area contributed by atoms with Crippen molar-refractivity contribution in [1.29, 1.82) is 0 Å². The number of ether oxygens (including phenoxy) is 1. The van der Waals surface area contributed by atoms with Gasteiger partial charge in [-0.15, -0.1) is 0 Å². The Balaban J connectivity index is 0.000000978. The van der Waals surface area contributed by atoms with Crippen LogP contribution < -0.4 is 15.6 Å². The van der Waals surface area contributed by atoms with Gasteiger partial charge < -0.3 is 15.2 Å². The lowest BCUT2D eigenvalue weighted by Crippen LogP contribution is -2.34. The number of benzene rings is 3. The molecule has 0 bridgehead atoms. The molecular weight excluding hydrogens is 616 g/mol. The minimum absolute atomic E-state index is 0.0799. The number of pyridine rings is 1. The predicted molar refractivity (Wildman–Crippen MR) is 163 cm³/mol. The van der Waals surface area contributed by atoms with Crippen LogP contribution in [0.15, 0.2) is 89.9 Å². The monoisotopic (exact) mass is 642 g/mol. The molecule has 0 fully saturated rings. The first-order chi connectivity index (χ1) is 20.7. The van der Waals surface area contributed by atoms with Crippen molar-refractivity contribution < 1.29 is 41.8 Å². The van der Waals surface area contributed by atoms with Crippen molar-refractivity contribution >= 4 is 45.3 Å². The number of aromatic carboxylic acids is 1. The van der Waals surface area contributed by atoms with Crippen molar-refractivity contribution in [2.45, 2.75) is 19.4 Å². The standard InChI is InChI=1S/C30H25ClN2O6.H2O4S/c1-18(34)23-13-10-21(31)15-24(23)25-16-28(35)33(17-27(25)39-2)26(14-19-6-4-3-5-7-19)29(36)32-22-11-8-20(9-12-22)30(37)38;1-5(2,3)4/h3-13,15-17,26H,14H2,1-2H3,(H,32,36)(H,37,38);(H2,1,2,3,4). The number of carbonyl (C=O) groups excluding carboxylic acids is 2. The molecule has 0 spiro atoms. The fourth-order valence-corrected chi connectivity index (χ4v) is 4.44. The number of halogens is 1. The summed E-state index contributed by atoms with van der Waals surface area (Å²) < 4.78 is 38.5. The van der Waals surface area contributed by atoms with E-state index in [0.717, 1.165) is 5.56 Å². The van der Waals surface area contributed by atoms with Crippen LogP contribution in [0, 0.1) is 0 Å². The highest BCUT2D eigenvalue weighted by atomic mass is 35.5. The molecule has 44 heavy (non-hydrogen) atoms. The minimum Gasteiger partial charge on any atom is -0.495 e. The van der Waals surface area contributed by atoms with Crippen LogP contribution in [0.3, 0.4) is 0 Å². The van der Waals surface area contributed by atoms with Crippen molar-refractivity contribution in [3.05, 3.63) is 117 Å². The molecule has 14 heteroatoms. The van der Waals surface area contributed by atoms with Crippen LogP contribution in [0.1, 0.15) is 39.2 Å². The van der Waals surface area contributed by atoms with Gasteiger partial charge in [0.15, 0.2) is 5.78 Å². The summed E-state index contributed by atoms with van der Waals surface area (Å²) in [4.78, 5) is 50.5. The number of carboxylic acid groups (broad SMARTS) is 1. The van der Waals surface area contributed by atoms with E-state index >= 15 is 0 Å². The molecule has 1 amide bonds. The molecule has 1 unspecified atom stereocenters. The second kappa shape index (κ2) is 14.6. The molecular formula is C30H27ClN2O10S. The lowest BCUT2D eigenvalue weighted by molar-refractivity contribution is -0.119. The maximum absolute atomic E-state index is 13.5. The van der Waals surface area contributed by atoms with E-state index in [0.29, 0.717) is 27.4 Å². The lowest BCUT2D eigenvalue weighted by Gasteiger charge is -2.22. The van der Waals surface area contributed by atoms with E-state index in [1.807, 2.05) is 30.3 Å². The summed E-state index contributed by atoms with van der Waals surface area (Å²) in [6, 6.07) is 20.1. The van der Waals surface area contributed by atoms with Crippen molar-refractivity contribution in [2.24, 2.45) is 0 Å². The van der Waals surface area contributed by atoms with E-state index in [-0.39, 0.29) is 23.5 Å². The number of rotatable bonds is 9. The normalized spacial score (nSPS) is 11.5. The highest BCUT2D eigenvalue weighted by Gasteiger charge is 2.25. The SMILES string of the molecule is COc1cn(C(Cc2ccccc2)C(=O)Nc2ccc(C(=O)O)cc2)c(=O)cc1-c1cc(Cl)ccc1C(C)=O.O=S(=O)(O)O. The molecule has 4 rings (SSSR count). The Bertz CT molecular complexity index is 1830. The van der Waals surface area contributed by atoms with Crippen LogP contribution in [-0.2, 0) is 21.6 Å². The molecule has 0 saturated heterocycles. The van der Waals surface area contributed by atoms with Crippen molar-refractivity contribution in [2.75, 3.05) is 12.4 Å². The quantitative estimate of drug-likeness (QED) is 0.145. The number of aromatic nitrogens is 1.